The van der Waals surface area contributed by atoms with Gasteiger partial charge in [-0.25, -0.2) is 4.68 Å². The van der Waals surface area contributed by atoms with Crippen LogP contribution in [-0.2, 0) is 4.79 Å². The van der Waals surface area contributed by atoms with E-state index < -0.39 is 0 Å². The second-order valence-electron chi connectivity index (χ2n) is 8.33. The minimum atomic E-state index is -0.151. The molecule has 5 rings (SSSR count). The number of nitrogens with zero attached hydrogens (tertiary/aromatic N) is 4. The minimum absolute atomic E-state index is 0.0793. The molecule has 0 spiro atoms. The number of amides is 2. The zero-order chi connectivity index (χ0) is 20.0. The molecule has 152 valence electrons. The molecule has 7 nitrogen and oxygen atoms in total. The molecular formula is C21H24BrN5O2. The van der Waals surface area contributed by atoms with Gasteiger partial charge in [0.25, 0.3) is 5.91 Å². The van der Waals surface area contributed by atoms with Crippen LogP contribution in [0.2, 0.25) is 0 Å². The van der Waals surface area contributed by atoms with Crippen molar-refractivity contribution in [3.63, 3.8) is 0 Å². The standard InChI is InChI=1S/C21H24BrN5O2/c22-15-5-7-17(8-6-15)27-19(13-1-2-13)18(24-25-27)20(28)23-16-9-11-26(12-10-16)21(29)14-3-4-14/h5-8,13-14,16H,1-4,9-12H2,(H,23,28). The quantitative estimate of drug-likeness (QED) is 0.747. The maximum Gasteiger partial charge on any atom is 0.274 e. The fourth-order valence-electron chi connectivity index (χ4n) is 4.03. The summed E-state index contributed by atoms with van der Waals surface area (Å²) in [5.41, 5.74) is 2.26. The Morgan fingerprint density at radius 3 is 2.31 bits per heavy atom. The van der Waals surface area contributed by atoms with Gasteiger partial charge in [-0.3, -0.25) is 9.59 Å². The number of aromatic nitrogens is 3. The molecular weight excluding hydrogens is 434 g/mol. The Balaban J connectivity index is 1.28. The average Bonchev–Trinajstić information content (AvgIpc) is 3.66. The van der Waals surface area contributed by atoms with Crippen molar-refractivity contribution in [2.24, 2.45) is 5.92 Å². The predicted octanol–water partition coefficient (Wildman–Crippen LogP) is 3.04. The Kier molecular flexibility index (Phi) is 4.89. The molecule has 1 aromatic heterocycles. The molecule has 2 amide bonds. The summed E-state index contributed by atoms with van der Waals surface area (Å²) in [4.78, 5) is 27.2. The van der Waals surface area contributed by atoms with Crippen LogP contribution in [0.4, 0.5) is 0 Å². The summed E-state index contributed by atoms with van der Waals surface area (Å²) in [5, 5.41) is 11.7. The van der Waals surface area contributed by atoms with Gasteiger partial charge in [0, 0.05) is 35.4 Å². The fourth-order valence-corrected chi connectivity index (χ4v) is 4.30. The average molecular weight is 458 g/mol. The molecule has 8 heteroatoms. The summed E-state index contributed by atoms with van der Waals surface area (Å²) in [6.07, 6.45) is 5.78. The van der Waals surface area contributed by atoms with Crippen molar-refractivity contribution < 1.29 is 9.59 Å². The van der Waals surface area contributed by atoms with E-state index in [9.17, 15) is 9.59 Å². The van der Waals surface area contributed by atoms with Gasteiger partial charge in [-0.15, -0.1) is 5.10 Å². The van der Waals surface area contributed by atoms with Crippen LogP contribution in [-0.4, -0.2) is 50.8 Å². The van der Waals surface area contributed by atoms with E-state index in [1.165, 1.54) is 0 Å². The van der Waals surface area contributed by atoms with Crippen LogP contribution in [0.15, 0.2) is 28.7 Å². The normalized spacial score (nSPS) is 20.0. The highest BCUT2D eigenvalue weighted by Gasteiger charge is 2.37. The first-order chi connectivity index (χ1) is 14.1. The Morgan fingerprint density at radius 2 is 1.69 bits per heavy atom. The smallest absolute Gasteiger partial charge is 0.274 e. The first-order valence-electron chi connectivity index (χ1n) is 10.4. The van der Waals surface area contributed by atoms with E-state index in [4.69, 9.17) is 0 Å². The lowest BCUT2D eigenvalue weighted by atomic mass is 10.0. The Morgan fingerprint density at radius 1 is 1.00 bits per heavy atom. The van der Waals surface area contributed by atoms with Crippen molar-refractivity contribution in [3.8, 4) is 5.69 Å². The zero-order valence-corrected chi connectivity index (χ0v) is 17.8. The summed E-state index contributed by atoms with van der Waals surface area (Å²) in [6, 6.07) is 7.95. The van der Waals surface area contributed by atoms with Crippen molar-refractivity contribution in [3.05, 3.63) is 40.1 Å². The Hall–Kier alpha value is -2.22. The molecule has 2 saturated carbocycles. The molecule has 1 saturated heterocycles. The lowest BCUT2D eigenvalue weighted by Gasteiger charge is -2.32. The van der Waals surface area contributed by atoms with E-state index in [2.05, 4.69) is 31.6 Å². The molecule has 1 N–H and O–H groups in total. The lowest BCUT2D eigenvalue weighted by molar-refractivity contribution is -0.133. The molecule has 1 aliphatic heterocycles. The summed E-state index contributed by atoms with van der Waals surface area (Å²) in [5.74, 6) is 0.744. The summed E-state index contributed by atoms with van der Waals surface area (Å²) < 4.78 is 2.80. The van der Waals surface area contributed by atoms with E-state index in [-0.39, 0.29) is 17.9 Å². The topological polar surface area (TPSA) is 80.1 Å². The molecule has 29 heavy (non-hydrogen) atoms. The lowest BCUT2D eigenvalue weighted by Crippen LogP contribution is -2.47. The van der Waals surface area contributed by atoms with Crippen molar-refractivity contribution in [2.45, 2.75) is 50.5 Å². The summed E-state index contributed by atoms with van der Waals surface area (Å²) in [6.45, 7) is 1.45. The largest absolute Gasteiger partial charge is 0.348 e. The van der Waals surface area contributed by atoms with Crippen molar-refractivity contribution in [1.29, 1.82) is 0 Å². The highest BCUT2D eigenvalue weighted by atomic mass is 79.9. The van der Waals surface area contributed by atoms with Gasteiger partial charge in [0.2, 0.25) is 5.91 Å². The number of likely N-dealkylation sites (tertiary alicyclic amines) is 1. The van der Waals surface area contributed by atoms with Gasteiger partial charge in [0.05, 0.1) is 11.4 Å². The molecule has 2 aliphatic carbocycles. The number of carbonyl (C=O) groups excluding carboxylic acids is 2. The molecule has 0 unspecified atom stereocenters. The number of nitrogens with one attached hydrogen (secondary N) is 1. The number of hydrogen-bond acceptors (Lipinski definition) is 4. The van der Waals surface area contributed by atoms with Crippen LogP contribution in [0, 0.1) is 5.92 Å². The molecule has 3 fully saturated rings. The Labute approximate surface area is 178 Å². The second-order valence-corrected chi connectivity index (χ2v) is 9.25. The third kappa shape index (κ3) is 3.95. The van der Waals surface area contributed by atoms with Gasteiger partial charge in [-0.2, -0.15) is 0 Å². The van der Waals surface area contributed by atoms with E-state index in [0.29, 0.717) is 17.5 Å². The third-order valence-electron chi connectivity index (χ3n) is 6.02. The monoisotopic (exact) mass is 457 g/mol. The van der Waals surface area contributed by atoms with E-state index in [0.717, 1.165) is 67.5 Å². The molecule has 2 aromatic rings. The van der Waals surface area contributed by atoms with Crippen molar-refractivity contribution in [2.75, 3.05) is 13.1 Å². The zero-order valence-electron chi connectivity index (χ0n) is 16.2. The number of benzene rings is 1. The SMILES string of the molecule is O=C(NC1CCN(C(=O)C2CC2)CC1)c1nnn(-c2ccc(Br)cc2)c1C1CC1. The van der Waals surface area contributed by atoms with Crippen LogP contribution in [0.5, 0.6) is 0 Å². The Bertz CT molecular complexity index is 925. The van der Waals surface area contributed by atoms with Crippen LogP contribution in [0.25, 0.3) is 5.69 Å². The highest BCUT2D eigenvalue weighted by Crippen LogP contribution is 2.42. The maximum atomic E-state index is 13.0. The van der Waals surface area contributed by atoms with Gasteiger partial charge in [-0.05, 0) is 62.8 Å². The van der Waals surface area contributed by atoms with Crippen molar-refractivity contribution >= 4 is 27.7 Å². The van der Waals surface area contributed by atoms with Gasteiger partial charge in [-0.1, -0.05) is 21.1 Å². The predicted molar refractivity (Wildman–Crippen MR) is 111 cm³/mol. The molecule has 2 heterocycles. The highest BCUT2D eigenvalue weighted by molar-refractivity contribution is 9.10. The minimum Gasteiger partial charge on any atom is -0.348 e. The molecule has 0 atom stereocenters. The number of halogens is 1. The van der Waals surface area contributed by atoms with Gasteiger partial charge < -0.3 is 10.2 Å². The van der Waals surface area contributed by atoms with Gasteiger partial charge in [0.15, 0.2) is 5.69 Å². The van der Waals surface area contributed by atoms with Gasteiger partial charge in [0.1, 0.15) is 0 Å². The number of carbonyl (C=O) groups is 2. The molecule has 1 aromatic carbocycles. The molecule has 0 bridgehead atoms. The first kappa shape index (κ1) is 18.8. The molecule has 0 radical (unpaired) electrons. The van der Waals surface area contributed by atoms with E-state index in [1.807, 2.05) is 29.2 Å². The van der Waals surface area contributed by atoms with Crippen LogP contribution < -0.4 is 5.32 Å². The van der Waals surface area contributed by atoms with Crippen molar-refractivity contribution in [1.82, 2.24) is 25.2 Å². The van der Waals surface area contributed by atoms with Gasteiger partial charge >= 0.3 is 0 Å². The van der Waals surface area contributed by atoms with E-state index in [1.54, 1.807) is 4.68 Å². The van der Waals surface area contributed by atoms with Crippen LogP contribution in [0.3, 0.4) is 0 Å². The van der Waals surface area contributed by atoms with Crippen LogP contribution >= 0.6 is 15.9 Å². The number of piperidine rings is 1. The number of hydrogen-bond donors (Lipinski definition) is 1. The number of rotatable bonds is 5. The summed E-state index contributed by atoms with van der Waals surface area (Å²) >= 11 is 3.45. The fraction of sp³-hybridized carbons (Fsp3) is 0.524. The first-order valence-corrected chi connectivity index (χ1v) is 11.2. The van der Waals surface area contributed by atoms with E-state index >= 15 is 0 Å². The second kappa shape index (κ2) is 7.55. The third-order valence-corrected chi connectivity index (χ3v) is 6.55. The summed E-state index contributed by atoms with van der Waals surface area (Å²) in [7, 11) is 0. The van der Waals surface area contributed by atoms with Crippen LogP contribution in [0.1, 0.15) is 60.6 Å². The molecule has 3 aliphatic rings. The maximum absolute atomic E-state index is 13.0.